The summed E-state index contributed by atoms with van der Waals surface area (Å²) in [5.41, 5.74) is 2.79. The van der Waals surface area contributed by atoms with Gasteiger partial charge in [-0.25, -0.2) is 4.79 Å². The number of hydrogen-bond donors (Lipinski definition) is 0. The highest BCUT2D eigenvalue weighted by Crippen LogP contribution is 2.49. The van der Waals surface area contributed by atoms with Gasteiger partial charge in [0, 0.05) is 28.3 Å². The highest BCUT2D eigenvalue weighted by molar-refractivity contribution is 6.31. The number of ketones is 1. The van der Waals surface area contributed by atoms with E-state index in [-0.39, 0.29) is 24.6 Å². The van der Waals surface area contributed by atoms with Crippen molar-refractivity contribution >= 4 is 35.0 Å². The summed E-state index contributed by atoms with van der Waals surface area (Å²) in [5.74, 6) is -3.94. The van der Waals surface area contributed by atoms with Gasteiger partial charge in [0.2, 0.25) is 0 Å². The molecule has 37 heavy (non-hydrogen) atoms. The van der Waals surface area contributed by atoms with Crippen LogP contribution >= 0.6 is 11.6 Å². The summed E-state index contributed by atoms with van der Waals surface area (Å²) in [6, 6.07) is 14.4. The maximum atomic E-state index is 14.3. The fraction of sp³-hybridized carbons (Fsp3) is 0.379. The van der Waals surface area contributed by atoms with Gasteiger partial charge in [-0.2, -0.15) is 0 Å². The molecule has 0 bridgehead atoms. The van der Waals surface area contributed by atoms with Crippen LogP contribution in [0.25, 0.3) is 0 Å². The molecule has 8 heteroatoms. The number of ether oxygens (including phenoxy) is 3. The number of benzene rings is 2. The molecule has 2 aliphatic rings. The van der Waals surface area contributed by atoms with Crippen LogP contribution in [0.5, 0.6) is 5.75 Å². The second kappa shape index (κ2) is 11.3. The molecular weight excluding hydrogens is 494 g/mol. The van der Waals surface area contributed by atoms with E-state index in [0.717, 1.165) is 5.56 Å². The third kappa shape index (κ3) is 5.05. The number of nitrogens with zero attached hydrogens (tertiary/aromatic N) is 1. The summed E-state index contributed by atoms with van der Waals surface area (Å²) in [7, 11) is 1.58. The molecule has 2 aromatic rings. The second-order valence-corrected chi connectivity index (χ2v) is 9.42. The zero-order valence-corrected chi connectivity index (χ0v) is 22.1. The standard InChI is InChI=1S/C29H30ClNO6/c1-5-36-28(33)23-16(3)31-22-15-20(17-11-13-18(35-4)14-12-17)25(29(34)37-6-2)27(32)26(22)24(23)19-9-7-8-10-21(19)30/h7-14,20,24-26H,5-6,15H2,1-4H3/t20-,24+,25-,26?/m0/s1. The molecule has 1 saturated carbocycles. The van der Waals surface area contributed by atoms with E-state index in [2.05, 4.69) is 0 Å². The van der Waals surface area contributed by atoms with Crippen molar-refractivity contribution in [2.45, 2.75) is 39.0 Å². The van der Waals surface area contributed by atoms with E-state index in [9.17, 15) is 14.4 Å². The number of fused-ring (bicyclic) bond motifs is 1. The van der Waals surface area contributed by atoms with Crippen molar-refractivity contribution in [1.82, 2.24) is 0 Å². The van der Waals surface area contributed by atoms with Crippen molar-refractivity contribution in [2.24, 2.45) is 16.8 Å². The monoisotopic (exact) mass is 523 g/mol. The van der Waals surface area contributed by atoms with Crippen molar-refractivity contribution < 1.29 is 28.6 Å². The number of carbonyl (C=O) groups is 3. The average molecular weight is 524 g/mol. The van der Waals surface area contributed by atoms with Crippen LogP contribution in [0.3, 0.4) is 0 Å². The molecule has 1 heterocycles. The molecule has 1 fully saturated rings. The van der Waals surface area contributed by atoms with Crippen molar-refractivity contribution in [2.75, 3.05) is 20.3 Å². The number of Topliss-reactive ketones (excluding diaryl/α,β-unsaturated/α-hetero) is 1. The molecule has 1 aliphatic heterocycles. The van der Waals surface area contributed by atoms with E-state index in [1.54, 1.807) is 64.3 Å². The van der Waals surface area contributed by atoms with Gasteiger partial charge in [-0.05, 0) is 56.5 Å². The molecular formula is C29H30ClNO6. The fourth-order valence-electron chi connectivity index (χ4n) is 5.39. The Kier molecular flexibility index (Phi) is 8.13. The zero-order valence-electron chi connectivity index (χ0n) is 21.3. The molecule has 0 saturated heterocycles. The predicted molar refractivity (Wildman–Crippen MR) is 140 cm³/mol. The summed E-state index contributed by atoms with van der Waals surface area (Å²) < 4.78 is 16.0. The maximum Gasteiger partial charge on any atom is 0.336 e. The average Bonchev–Trinajstić information content (AvgIpc) is 2.88. The van der Waals surface area contributed by atoms with Gasteiger partial charge in [-0.1, -0.05) is 41.9 Å². The van der Waals surface area contributed by atoms with Gasteiger partial charge in [-0.15, -0.1) is 0 Å². The molecule has 0 N–H and O–H groups in total. The molecule has 0 spiro atoms. The van der Waals surface area contributed by atoms with Crippen LogP contribution in [0, 0.1) is 11.8 Å². The van der Waals surface area contributed by atoms with E-state index >= 15 is 0 Å². The number of rotatable bonds is 7. The fourth-order valence-corrected chi connectivity index (χ4v) is 5.64. The molecule has 1 aliphatic carbocycles. The minimum Gasteiger partial charge on any atom is -0.497 e. The van der Waals surface area contributed by atoms with Gasteiger partial charge in [-0.3, -0.25) is 14.6 Å². The van der Waals surface area contributed by atoms with Gasteiger partial charge in [0.1, 0.15) is 11.7 Å². The minimum atomic E-state index is -1.07. The number of hydrogen-bond acceptors (Lipinski definition) is 7. The molecule has 0 amide bonds. The number of allylic oxidation sites excluding steroid dienone is 1. The third-order valence-electron chi connectivity index (χ3n) is 6.97. The number of esters is 2. The third-order valence-corrected chi connectivity index (χ3v) is 7.31. The smallest absolute Gasteiger partial charge is 0.336 e. The Bertz CT molecular complexity index is 1270. The Morgan fingerprint density at radius 3 is 2.30 bits per heavy atom. The lowest BCUT2D eigenvalue weighted by Crippen LogP contribution is -2.48. The predicted octanol–water partition coefficient (Wildman–Crippen LogP) is 5.28. The van der Waals surface area contributed by atoms with Gasteiger partial charge in [0.25, 0.3) is 0 Å². The summed E-state index contributed by atoms with van der Waals surface area (Å²) in [4.78, 5) is 45.4. The van der Waals surface area contributed by atoms with Crippen LogP contribution in [-0.2, 0) is 23.9 Å². The van der Waals surface area contributed by atoms with E-state index < -0.39 is 35.6 Å². The molecule has 4 atom stereocenters. The summed E-state index contributed by atoms with van der Waals surface area (Å²) >= 11 is 6.60. The molecule has 0 radical (unpaired) electrons. The quantitative estimate of drug-likeness (QED) is 0.362. The first-order valence-electron chi connectivity index (χ1n) is 12.4. The number of methoxy groups -OCH3 is 1. The highest BCUT2D eigenvalue weighted by atomic mass is 35.5. The first-order chi connectivity index (χ1) is 17.8. The van der Waals surface area contributed by atoms with E-state index in [1.165, 1.54) is 0 Å². The SMILES string of the molecule is CCOC(=O)C1=C(C)N=C2C[C@@H](c3ccc(OC)cc3)[C@H](C(=O)OCC)C(=O)C2[C@@H]1c1ccccc1Cl. The largest absolute Gasteiger partial charge is 0.497 e. The van der Waals surface area contributed by atoms with Crippen LogP contribution in [-0.4, -0.2) is 43.8 Å². The lowest BCUT2D eigenvalue weighted by molar-refractivity contribution is -0.153. The molecule has 1 unspecified atom stereocenters. The van der Waals surface area contributed by atoms with Crippen LogP contribution in [0.1, 0.15) is 50.2 Å². The maximum absolute atomic E-state index is 14.3. The topological polar surface area (TPSA) is 91.3 Å². The van der Waals surface area contributed by atoms with E-state index in [4.69, 9.17) is 30.8 Å². The molecule has 4 rings (SSSR count). The van der Waals surface area contributed by atoms with Crippen molar-refractivity contribution in [3.63, 3.8) is 0 Å². The number of aliphatic imine (C=N–C) groups is 1. The minimum absolute atomic E-state index is 0.143. The van der Waals surface area contributed by atoms with Crippen LogP contribution in [0.2, 0.25) is 5.02 Å². The zero-order chi connectivity index (χ0) is 26.7. The molecule has 194 valence electrons. The Labute approximate surface area is 221 Å². The van der Waals surface area contributed by atoms with Gasteiger partial charge in [0.05, 0.1) is 31.8 Å². The molecule has 2 aromatic carbocycles. The highest BCUT2D eigenvalue weighted by Gasteiger charge is 2.53. The summed E-state index contributed by atoms with van der Waals surface area (Å²) in [5, 5.41) is 0.418. The summed E-state index contributed by atoms with van der Waals surface area (Å²) in [6.45, 7) is 5.48. The Morgan fingerprint density at radius 2 is 1.68 bits per heavy atom. The van der Waals surface area contributed by atoms with Crippen LogP contribution < -0.4 is 4.74 Å². The Hall–Kier alpha value is -3.45. The van der Waals surface area contributed by atoms with Gasteiger partial charge >= 0.3 is 11.9 Å². The lowest BCUT2D eigenvalue weighted by atomic mass is 9.62. The Morgan fingerprint density at radius 1 is 1.00 bits per heavy atom. The first kappa shape index (κ1) is 26.6. The molecule has 7 nitrogen and oxygen atoms in total. The summed E-state index contributed by atoms with van der Waals surface area (Å²) in [6.07, 6.45) is 0.348. The number of carbonyl (C=O) groups excluding carboxylic acids is 3. The normalized spacial score (nSPS) is 23.2. The van der Waals surface area contributed by atoms with Crippen molar-refractivity contribution in [3.8, 4) is 5.75 Å². The Balaban J connectivity index is 1.89. The lowest BCUT2D eigenvalue weighted by Gasteiger charge is -2.41. The number of halogens is 1. The van der Waals surface area contributed by atoms with Crippen molar-refractivity contribution in [3.05, 3.63) is 76.0 Å². The van der Waals surface area contributed by atoms with Gasteiger partial charge < -0.3 is 14.2 Å². The van der Waals surface area contributed by atoms with Crippen LogP contribution in [0.15, 0.2) is 64.8 Å². The van der Waals surface area contributed by atoms with E-state index in [0.29, 0.717) is 34.2 Å². The van der Waals surface area contributed by atoms with Gasteiger partial charge in [0.15, 0.2) is 5.78 Å². The second-order valence-electron chi connectivity index (χ2n) is 9.02. The van der Waals surface area contributed by atoms with Crippen LogP contribution in [0.4, 0.5) is 0 Å². The molecule has 0 aromatic heterocycles. The van der Waals surface area contributed by atoms with E-state index in [1.807, 2.05) is 12.1 Å². The van der Waals surface area contributed by atoms with Crippen molar-refractivity contribution in [1.29, 1.82) is 0 Å². The first-order valence-corrected chi connectivity index (χ1v) is 12.7.